The van der Waals surface area contributed by atoms with Gasteiger partial charge in [-0.05, 0) is 83.6 Å². The van der Waals surface area contributed by atoms with Crippen molar-refractivity contribution in [1.29, 1.82) is 0 Å². The lowest BCUT2D eigenvalue weighted by molar-refractivity contribution is 0.885. The van der Waals surface area contributed by atoms with Gasteiger partial charge in [0.25, 0.3) is 0 Å². The molecule has 0 heterocycles. The average molecular weight is 349 g/mol. The minimum atomic E-state index is 0.765. The molecule has 0 spiro atoms. The number of halogens is 1. The highest BCUT2D eigenvalue weighted by Gasteiger charge is 2.20. The van der Waals surface area contributed by atoms with E-state index in [0.29, 0.717) is 0 Å². The van der Waals surface area contributed by atoms with Crippen LogP contribution in [0.5, 0.6) is 0 Å². The molecule has 25 heavy (non-hydrogen) atoms. The maximum Gasteiger partial charge on any atom is 0.0417 e. The second kappa shape index (κ2) is 6.45. The topological polar surface area (TPSA) is 29.3 Å². The Morgan fingerprint density at radius 3 is 2.40 bits per heavy atom. The molecular weight excluding hydrogens is 328 g/mol. The highest BCUT2D eigenvalue weighted by molar-refractivity contribution is 6.30. The van der Waals surface area contributed by atoms with Crippen molar-refractivity contribution in [2.24, 2.45) is 0 Å². The van der Waals surface area contributed by atoms with Crippen molar-refractivity contribution in [3.05, 3.63) is 76.8 Å². The molecule has 0 aromatic heterocycles. The van der Waals surface area contributed by atoms with E-state index in [1.54, 1.807) is 0 Å². The number of nitrogens with zero attached hydrogens (tertiary/aromatic N) is 1. The SMILES string of the molecule is CCCN(c1ccc(Cl)cc1)c1ccc2c(c1)-c1ccc(N)cc1C2. The standard InChI is InChI=1S/C22H21ClN2/c1-2-11-25(19-8-4-17(23)5-9-19)20-7-3-15-12-16-13-18(24)6-10-21(16)22(15)14-20/h3-10,13-14H,2,11-12,24H2,1H3. The maximum atomic E-state index is 6.06. The minimum absolute atomic E-state index is 0.765. The lowest BCUT2D eigenvalue weighted by Crippen LogP contribution is -2.17. The molecule has 0 atom stereocenters. The quantitative estimate of drug-likeness (QED) is 0.455. The van der Waals surface area contributed by atoms with Crippen LogP contribution in [0.25, 0.3) is 11.1 Å². The number of fused-ring (bicyclic) bond motifs is 3. The normalized spacial score (nSPS) is 11.9. The Hall–Kier alpha value is -2.45. The van der Waals surface area contributed by atoms with Gasteiger partial charge in [-0.25, -0.2) is 0 Å². The summed E-state index contributed by atoms with van der Waals surface area (Å²) in [5.74, 6) is 0. The summed E-state index contributed by atoms with van der Waals surface area (Å²) in [5, 5.41) is 0.765. The molecule has 2 nitrogen and oxygen atoms in total. The third-order valence-corrected chi connectivity index (χ3v) is 5.04. The van der Waals surface area contributed by atoms with E-state index in [0.717, 1.165) is 30.1 Å². The van der Waals surface area contributed by atoms with E-state index in [4.69, 9.17) is 17.3 Å². The monoisotopic (exact) mass is 348 g/mol. The summed E-state index contributed by atoms with van der Waals surface area (Å²) in [4.78, 5) is 2.35. The predicted octanol–water partition coefficient (Wildman–Crippen LogP) is 6.04. The maximum absolute atomic E-state index is 6.06. The number of nitrogen functional groups attached to an aromatic ring is 1. The summed E-state index contributed by atoms with van der Waals surface area (Å²) in [5.41, 5.74) is 14.5. The molecule has 4 rings (SSSR count). The van der Waals surface area contributed by atoms with Crippen molar-refractivity contribution < 1.29 is 0 Å². The van der Waals surface area contributed by atoms with Crippen molar-refractivity contribution in [3.8, 4) is 11.1 Å². The van der Waals surface area contributed by atoms with Gasteiger partial charge in [0.1, 0.15) is 0 Å². The fourth-order valence-electron chi connectivity index (χ4n) is 3.62. The molecule has 126 valence electrons. The second-order valence-electron chi connectivity index (χ2n) is 6.56. The van der Waals surface area contributed by atoms with Gasteiger partial charge in [-0.2, -0.15) is 0 Å². The van der Waals surface area contributed by atoms with Gasteiger partial charge in [-0.1, -0.05) is 30.7 Å². The average Bonchev–Trinajstić information content (AvgIpc) is 2.97. The van der Waals surface area contributed by atoms with Crippen LogP contribution in [0.15, 0.2) is 60.7 Å². The molecule has 0 bridgehead atoms. The van der Waals surface area contributed by atoms with E-state index >= 15 is 0 Å². The highest BCUT2D eigenvalue weighted by atomic mass is 35.5. The number of hydrogen-bond donors (Lipinski definition) is 1. The van der Waals surface area contributed by atoms with Gasteiger partial charge in [0.15, 0.2) is 0 Å². The third kappa shape index (κ3) is 2.98. The molecule has 1 aliphatic rings. The first kappa shape index (κ1) is 16.0. The Morgan fingerprint density at radius 1 is 0.880 bits per heavy atom. The van der Waals surface area contributed by atoms with E-state index in [1.165, 1.54) is 33.6 Å². The van der Waals surface area contributed by atoms with Gasteiger partial charge in [-0.15, -0.1) is 0 Å². The zero-order chi connectivity index (χ0) is 17.4. The Balaban J connectivity index is 1.77. The smallest absolute Gasteiger partial charge is 0.0417 e. The van der Waals surface area contributed by atoms with E-state index in [9.17, 15) is 0 Å². The van der Waals surface area contributed by atoms with Crippen LogP contribution in [0.2, 0.25) is 5.02 Å². The van der Waals surface area contributed by atoms with Crippen molar-refractivity contribution in [2.45, 2.75) is 19.8 Å². The summed E-state index contributed by atoms with van der Waals surface area (Å²) >= 11 is 6.06. The Bertz CT molecular complexity index is 916. The molecule has 0 saturated heterocycles. The van der Waals surface area contributed by atoms with Gasteiger partial charge in [0.05, 0.1) is 0 Å². The van der Waals surface area contributed by atoms with E-state index in [1.807, 2.05) is 18.2 Å². The zero-order valence-corrected chi connectivity index (χ0v) is 15.1. The first-order chi connectivity index (χ1) is 12.2. The van der Waals surface area contributed by atoms with Crippen LogP contribution in [-0.2, 0) is 6.42 Å². The molecule has 0 radical (unpaired) electrons. The van der Waals surface area contributed by atoms with Crippen LogP contribution < -0.4 is 10.6 Å². The molecule has 3 aromatic rings. The van der Waals surface area contributed by atoms with Gasteiger partial charge in [0, 0.05) is 28.6 Å². The highest BCUT2D eigenvalue weighted by Crippen LogP contribution is 2.40. The zero-order valence-electron chi connectivity index (χ0n) is 14.3. The minimum Gasteiger partial charge on any atom is -0.399 e. The molecule has 0 aliphatic heterocycles. The molecular formula is C22H21ClN2. The van der Waals surface area contributed by atoms with Crippen LogP contribution in [0.1, 0.15) is 24.5 Å². The predicted molar refractivity (Wildman–Crippen MR) is 108 cm³/mol. The summed E-state index contributed by atoms with van der Waals surface area (Å²) in [6.45, 7) is 3.17. The fourth-order valence-corrected chi connectivity index (χ4v) is 3.74. The van der Waals surface area contributed by atoms with Crippen molar-refractivity contribution in [3.63, 3.8) is 0 Å². The summed E-state index contributed by atoms with van der Waals surface area (Å²) in [7, 11) is 0. The summed E-state index contributed by atoms with van der Waals surface area (Å²) in [6, 6.07) is 21.1. The van der Waals surface area contributed by atoms with Gasteiger partial charge in [0.2, 0.25) is 0 Å². The van der Waals surface area contributed by atoms with Crippen LogP contribution in [0.3, 0.4) is 0 Å². The van der Waals surface area contributed by atoms with Crippen LogP contribution in [0, 0.1) is 0 Å². The molecule has 2 N–H and O–H groups in total. The van der Waals surface area contributed by atoms with Gasteiger partial charge >= 0.3 is 0 Å². The van der Waals surface area contributed by atoms with Gasteiger partial charge in [-0.3, -0.25) is 0 Å². The van der Waals surface area contributed by atoms with Crippen LogP contribution in [-0.4, -0.2) is 6.54 Å². The Morgan fingerprint density at radius 2 is 1.64 bits per heavy atom. The van der Waals surface area contributed by atoms with Crippen molar-refractivity contribution in [1.82, 2.24) is 0 Å². The van der Waals surface area contributed by atoms with Crippen molar-refractivity contribution in [2.75, 3.05) is 17.2 Å². The number of rotatable bonds is 4. The van der Waals surface area contributed by atoms with Crippen LogP contribution >= 0.6 is 11.6 Å². The first-order valence-electron chi connectivity index (χ1n) is 8.70. The van der Waals surface area contributed by atoms with Crippen LogP contribution in [0.4, 0.5) is 17.1 Å². The lowest BCUT2D eigenvalue weighted by atomic mass is 10.0. The molecule has 1 aliphatic carbocycles. The molecule has 3 aromatic carbocycles. The van der Waals surface area contributed by atoms with Crippen molar-refractivity contribution >= 4 is 28.7 Å². The van der Waals surface area contributed by atoms with E-state index in [-0.39, 0.29) is 0 Å². The second-order valence-corrected chi connectivity index (χ2v) is 7.00. The largest absolute Gasteiger partial charge is 0.399 e. The lowest BCUT2D eigenvalue weighted by Gasteiger charge is -2.25. The molecule has 0 amide bonds. The number of benzene rings is 3. The number of hydrogen-bond acceptors (Lipinski definition) is 2. The fraction of sp³-hybridized carbons (Fsp3) is 0.182. The molecule has 0 unspecified atom stereocenters. The van der Waals surface area contributed by atoms with Gasteiger partial charge < -0.3 is 10.6 Å². The number of nitrogens with two attached hydrogens (primary N) is 1. The van der Waals surface area contributed by atoms with E-state index in [2.05, 4.69) is 54.3 Å². The molecule has 0 fully saturated rings. The molecule has 3 heteroatoms. The Kier molecular flexibility index (Phi) is 4.14. The van der Waals surface area contributed by atoms with E-state index < -0.39 is 0 Å². The number of anilines is 3. The Labute approximate surface area is 153 Å². The molecule has 0 saturated carbocycles. The first-order valence-corrected chi connectivity index (χ1v) is 9.08. The third-order valence-electron chi connectivity index (χ3n) is 4.79. The summed E-state index contributed by atoms with van der Waals surface area (Å²) < 4.78 is 0. The summed E-state index contributed by atoms with van der Waals surface area (Å²) in [6.07, 6.45) is 2.04.